The molecular formula is C73H66AsBF13I3O12. The molecule has 0 radical (unpaired) electrons. The minimum Gasteiger partial charge on any atom is -0.860 e. The Morgan fingerprint density at radius 3 is 0.796 bits per heavy atom. The smallest absolute Gasteiger partial charge is 0.422 e. The van der Waals surface area contributed by atoms with Crippen molar-refractivity contribution in [2.24, 2.45) is 0 Å². The van der Waals surface area contributed by atoms with Crippen LogP contribution in [-0.2, 0) is 20.4 Å². The van der Waals surface area contributed by atoms with Crippen molar-refractivity contribution in [2.45, 2.75) is 6.18 Å². The van der Waals surface area contributed by atoms with Gasteiger partial charge in [-0.2, -0.15) is 17.6 Å². The van der Waals surface area contributed by atoms with E-state index in [1.807, 2.05) is 127 Å². The van der Waals surface area contributed by atoms with Crippen molar-refractivity contribution in [3.05, 3.63) is 305 Å². The number of alkyl halides is 3. The van der Waals surface area contributed by atoms with Gasteiger partial charge >= 0.3 is 105 Å². The second-order valence-electron chi connectivity index (χ2n) is 20.2. The maximum atomic E-state index is 12.9. The first-order chi connectivity index (χ1) is 49.3. The molecule has 10 aromatic rings. The van der Waals surface area contributed by atoms with Crippen LogP contribution in [0.3, 0.4) is 0 Å². The summed E-state index contributed by atoms with van der Waals surface area (Å²) in [6.07, 6.45) is -5.69. The molecule has 0 aliphatic rings. The monoisotopic (exact) mass is 1850 g/mol. The fraction of sp³-hybridized carbons (Fsp3) is 0.178. The predicted octanol–water partition coefficient (Wildman–Crippen LogP) is 6.35. The SMILES string of the molecule is F[As-](F)(F)(F)(F)F.[O-]B([O-])Oc1c(F)c(F)c(F)c(F)c1C(F)(F)F.c1ccc(OCCOCCOc2ccccc2[I+]c2ccccc2)cc1.c1ccc(OCCOCCOc2ccccc2[I+]c2ccccc2)cc1.c1ccc(OCCOCCOc2ccccc2[I+]c2ccccc2)cc1. The van der Waals surface area contributed by atoms with Gasteiger partial charge in [0.25, 0.3) is 0 Å². The summed E-state index contributed by atoms with van der Waals surface area (Å²) in [5.41, 5.74) is -2.70. The van der Waals surface area contributed by atoms with E-state index >= 15 is 0 Å². The van der Waals surface area contributed by atoms with E-state index in [0.29, 0.717) is 79.3 Å². The molecule has 30 heteroatoms. The third-order valence-electron chi connectivity index (χ3n) is 12.2. The van der Waals surface area contributed by atoms with Crippen LogP contribution < -0.4 is 107 Å². The van der Waals surface area contributed by atoms with Crippen molar-refractivity contribution in [3.63, 3.8) is 0 Å². The Morgan fingerprint density at radius 1 is 0.301 bits per heavy atom. The Labute approximate surface area is 619 Å². The first-order valence-corrected chi connectivity index (χ1v) is 41.5. The number of benzene rings is 10. The fourth-order valence-corrected chi connectivity index (χ4v) is 15.2. The second kappa shape index (κ2) is 43.7. The molecule has 0 saturated heterocycles. The number of para-hydroxylation sites is 6. The fourth-order valence-electron chi connectivity index (χ4n) is 7.92. The zero-order valence-corrected chi connectivity index (χ0v) is 62.6. The zero-order chi connectivity index (χ0) is 74.3. The van der Waals surface area contributed by atoms with Gasteiger partial charge in [0.2, 0.25) is 22.3 Å². The molecule has 0 aliphatic carbocycles. The molecule has 0 unspecified atom stereocenters. The molecule has 0 N–H and O–H groups in total. The van der Waals surface area contributed by atoms with Gasteiger partial charge in [-0.3, -0.25) is 0 Å². The van der Waals surface area contributed by atoms with Crippen LogP contribution in [-0.4, -0.2) is 101 Å². The summed E-state index contributed by atoms with van der Waals surface area (Å²) in [6, 6.07) is 85.9. The van der Waals surface area contributed by atoms with E-state index in [-0.39, 0.29) is 63.6 Å². The van der Waals surface area contributed by atoms with E-state index in [1.165, 1.54) is 21.4 Å². The minimum absolute atomic E-state index is 0.237. The van der Waals surface area contributed by atoms with Gasteiger partial charge in [-0.25, -0.2) is 13.2 Å². The third-order valence-corrected chi connectivity index (χ3v) is 20.7. The van der Waals surface area contributed by atoms with E-state index in [0.717, 1.165) is 34.5 Å². The van der Waals surface area contributed by atoms with E-state index < -0.39 is 62.3 Å². The quantitative estimate of drug-likeness (QED) is 0.0116. The Kier molecular flexibility index (Phi) is 35.8. The molecule has 0 bridgehead atoms. The molecule has 0 atom stereocenters. The topological polar surface area (TPSA) is 138 Å². The van der Waals surface area contributed by atoms with Crippen molar-refractivity contribution in [2.75, 3.05) is 79.3 Å². The van der Waals surface area contributed by atoms with Crippen LogP contribution in [0.15, 0.2) is 255 Å². The molecule has 10 rings (SSSR count). The summed E-state index contributed by atoms with van der Waals surface area (Å²) in [6.45, 7) is 6.57. The van der Waals surface area contributed by atoms with E-state index in [1.54, 1.807) is 0 Å². The molecule has 0 heterocycles. The van der Waals surface area contributed by atoms with Crippen molar-refractivity contribution in [3.8, 4) is 40.2 Å². The summed E-state index contributed by atoms with van der Waals surface area (Å²) in [5.74, 6) is -7.60. The summed E-state index contributed by atoms with van der Waals surface area (Å²) in [7, 11) is -3.48. The standard InChI is InChI=1S/3C22H22IO3.C7BF7O3.AsF6/c3*1-3-9-19(10-4-1)23-21-13-7-8-14-22(21)26-18-16-24-15-17-25-20-11-5-2-6-12-20;9-2-1(7(13,14)15)6(18-8(16)17)5(12)4(11)3(2)10;2-1(3,4,5,6)7/h3*1-14H,15-18H2;;/q3*+1;-2;-1. The third kappa shape index (κ3) is 36.2. The number of hydrogen-bond acceptors (Lipinski definition) is 12. The molecule has 0 spiro atoms. The largest absolute Gasteiger partial charge is 0.860 e. The molecule has 10 aromatic carbocycles. The molecule has 0 amide bonds. The molecule has 0 saturated carbocycles. The van der Waals surface area contributed by atoms with Gasteiger partial charge < -0.3 is 57.3 Å². The van der Waals surface area contributed by atoms with Crippen LogP contribution in [0.4, 0.5) is 51.5 Å². The number of halogens is 16. The van der Waals surface area contributed by atoms with Crippen molar-refractivity contribution in [1.82, 2.24) is 0 Å². The first-order valence-electron chi connectivity index (χ1n) is 30.8. The van der Waals surface area contributed by atoms with Crippen molar-refractivity contribution >= 4 is 21.5 Å². The van der Waals surface area contributed by atoms with Crippen LogP contribution >= 0.6 is 0 Å². The summed E-state index contributed by atoms with van der Waals surface area (Å²) in [5, 5.41) is 20.0. The molecule has 0 fully saturated rings. The van der Waals surface area contributed by atoms with Crippen LogP contribution in [0.25, 0.3) is 0 Å². The van der Waals surface area contributed by atoms with Crippen LogP contribution in [0, 0.1) is 44.7 Å². The molecular weight excluding hydrogens is 1780 g/mol. The van der Waals surface area contributed by atoms with Gasteiger partial charge in [-0.15, -0.1) is 0 Å². The first kappa shape index (κ1) is 84.4. The molecule has 0 aliphatic heterocycles. The molecule has 550 valence electrons. The molecule has 0 aromatic heterocycles. The summed E-state index contributed by atoms with van der Waals surface area (Å²) in [4.78, 5) is 0. The maximum Gasteiger partial charge on any atom is 0.422 e. The van der Waals surface area contributed by atoms with E-state index in [2.05, 4.69) is 132 Å². The molecule has 12 nitrogen and oxygen atoms in total. The molecule has 103 heavy (non-hydrogen) atoms. The van der Waals surface area contributed by atoms with Crippen LogP contribution in [0.1, 0.15) is 5.56 Å². The summed E-state index contributed by atoms with van der Waals surface area (Å²) < 4.78 is 210. The average molecular weight is 1850 g/mol. The average Bonchev–Trinajstić information content (AvgIpc) is 0.779. The number of ether oxygens (including phenoxy) is 9. The Balaban J connectivity index is 0.000000211. The van der Waals surface area contributed by atoms with Gasteiger partial charge in [-0.05, 0) is 109 Å². The Hall–Kier alpha value is -7.50. The summed E-state index contributed by atoms with van der Waals surface area (Å²) >= 11 is -11.8. The van der Waals surface area contributed by atoms with Crippen LogP contribution in [0.5, 0.6) is 40.2 Å². The number of hydrogen-bond donors (Lipinski definition) is 0. The predicted molar refractivity (Wildman–Crippen MR) is 346 cm³/mol. The second-order valence-corrected chi connectivity index (χ2v) is 33.0. The van der Waals surface area contributed by atoms with Gasteiger partial charge in [0.1, 0.15) is 69.8 Å². The Morgan fingerprint density at radius 2 is 0.534 bits per heavy atom. The normalized spacial score (nSPS) is 11.5. The van der Waals surface area contributed by atoms with Gasteiger partial charge in [0.15, 0.2) is 45.3 Å². The Bertz CT molecular complexity index is 3690. The zero-order valence-electron chi connectivity index (χ0n) is 54.2. The van der Waals surface area contributed by atoms with Gasteiger partial charge in [-0.1, -0.05) is 146 Å². The van der Waals surface area contributed by atoms with Crippen molar-refractivity contribution < 1.29 is 172 Å². The van der Waals surface area contributed by atoms with Gasteiger partial charge in [0.05, 0.1) is 39.6 Å². The number of rotatable bonds is 32. The van der Waals surface area contributed by atoms with Crippen molar-refractivity contribution in [1.29, 1.82) is 0 Å². The van der Waals surface area contributed by atoms with E-state index in [4.69, 9.17) is 42.6 Å². The van der Waals surface area contributed by atoms with Gasteiger partial charge in [0, 0.05) is 0 Å². The maximum absolute atomic E-state index is 12.9. The van der Waals surface area contributed by atoms with E-state index in [9.17, 15) is 61.6 Å². The minimum atomic E-state index is -11.1. The van der Waals surface area contributed by atoms with Crippen LogP contribution in [0.2, 0.25) is 0 Å².